The highest BCUT2D eigenvalue weighted by Gasteiger charge is 2.36. The summed E-state index contributed by atoms with van der Waals surface area (Å²) >= 11 is 0. The standard InChI is InChI=1S/C18H15F3N2O/c1-23-11-16(18(19,20)21)17(22-23)15-6-4-3-5-14(15)12-7-9-13(24-2)10-8-12/h3-11H,1-2H3. The fourth-order valence-electron chi connectivity index (χ4n) is 2.61. The highest BCUT2D eigenvalue weighted by molar-refractivity contribution is 5.83. The number of rotatable bonds is 3. The van der Waals surface area contributed by atoms with Gasteiger partial charge in [0.2, 0.25) is 0 Å². The fraction of sp³-hybridized carbons (Fsp3) is 0.167. The molecule has 1 heterocycles. The maximum Gasteiger partial charge on any atom is 0.420 e. The van der Waals surface area contributed by atoms with Crippen molar-refractivity contribution in [2.24, 2.45) is 7.05 Å². The maximum atomic E-state index is 13.3. The third-order valence-corrected chi connectivity index (χ3v) is 3.72. The summed E-state index contributed by atoms with van der Waals surface area (Å²) in [4.78, 5) is 0. The second-order valence-electron chi connectivity index (χ2n) is 5.34. The van der Waals surface area contributed by atoms with E-state index in [2.05, 4.69) is 5.10 Å². The average Bonchev–Trinajstić information content (AvgIpc) is 2.97. The van der Waals surface area contributed by atoms with Gasteiger partial charge in [-0.15, -0.1) is 0 Å². The van der Waals surface area contributed by atoms with Crippen LogP contribution in [0.25, 0.3) is 22.4 Å². The van der Waals surface area contributed by atoms with Crippen LogP contribution >= 0.6 is 0 Å². The number of halogens is 3. The third kappa shape index (κ3) is 2.99. The van der Waals surface area contributed by atoms with Gasteiger partial charge in [0.25, 0.3) is 0 Å². The van der Waals surface area contributed by atoms with Crippen LogP contribution in [-0.2, 0) is 13.2 Å². The zero-order valence-corrected chi connectivity index (χ0v) is 13.1. The molecule has 0 amide bonds. The first kappa shape index (κ1) is 16.1. The van der Waals surface area contributed by atoms with Gasteiger partial charge in [0.1, 0.15) is 17.0 Å². The smallest absolute Gasteiger partial charge is 0.420 e. The Morgan fingerprint density at radius 1 is 0.958 bits per heavy atom. The number of hydrogen-bond donors (Lipinski definition) is 0. The van der Waals surface area contributed by atoms with E-state index in [9.17, 15) is 13.2 Å². The maximum absolute atomic E-state index is 13.3. The molecule has 0 aliphatic heterocycles. The van der Waals surface area contributed by atoms with E-state index in [1.807, 2.05) is 12.1 Å². The molecule has 0 saturated carbocycles. The molecule has 0 unspecified atom stereocenters. The van der Waals surface area contributed by atoms with Gasteiger partial charge in [-0.25, -0.2) is 0 Å². The molecule has 0 N–H and O–H groups in total. The third-order valence-electron chi connectivity index (χ3n) is 3.72. The number of hydrogen-bond acceptors (Lipinski definition) is 2. The van der Waals surface area contributed by atoms with Gasteiger partial charge < -0.3 is 4.74 Å². The van der Waals surface area contributed by atoms with Crippen LogP contribution in [0.15, 0.2) is 54.7 Å². The fourth-order valence-corrected chi connectivity index (χ4v) is 2.61. The molecule has 0 aliphatic carbocycles. The van der Waals surface area contributed by atoms with Gasteiger partial charge in [-0.1, -0.05) is 36.4 Å². The first-order valence-corrected chi connectivity index (χ1v) is 7.25. The van der Waals surface area contributed by atoms with E-state index in [0.29, 0.717) is 16.9 Å². The lowest BCUT2D eigenvalue weighted by Crippen LogP contribution is -2.05. The Morgan fingerprint density at radius 2 is 1.58 bits per heavy atom. The molecule has 3 nitrogen and oxygen atoms in total. The molecule has 0 saturated heterocycles. The zero-order chi connectivity index (χ0) is 17.3. The Bertz CT molecular complexity index is 851. The van der Waals surface area contributed by atoms with E-state index < -0.39 is 11.7 Å². The SMILES string of the molecule is COc1ccc(-c2ccccc2-c2nn(C)cc2C(F)(F)F)cc1. The Labute approximate surface area is 137 Å². The second-order valence-corrected chi connectivity index (χ2v) is 5.34. The van der Waals surface area contributed by atoms with Crippen molar-refractivity contribution in [3.05, 3.63) is 60.3 Å². The Hall–Kier alpha value is -2.76. The minimum atomic E-state index is -4.46. The van der Waals surface area contributed by atoms with E-state index in [4.69, 9.17) is 4.74 Å². The molecular formula is C18H15F3N2O. The Kier molecular flexibility index (Phi) is 4.05. The van der Waals surface area contributed by atoms with E-state index in [0.717, 1.165) is 11.8 Å². The molecule has 3 rings (SSSR count). The van der Waals surface area contributed by atoms with Crippen LogP contribution in [0, 0.1) is 0 Å². The van der Waals surface area contributed by atoms with Crippen molar-refractivity contribution in [2.45, 2.75) is 6.18 Å². The number of benzene rings is 2. The summed E-state index contributed by atoms with van der Waals surface area (Å²) in [5.74, 6) is 0.685. The highest BCUT2D eigenvalue weighted by atomic mass is 19.4. The summed E-state index contributed by atoms with van der Waals surface area (Å²) in [6.45, 7) is 0. The molecule has 0 radical (unpaired) electrons. The minimum Gasteiger partial charge on any atom is -0.497 e. The lowest BCUT2D eigenvalue weighted by atomic mass is 9.96. The van der Waals surface area contributed by atoms with Crippen LogP contribution in [-0.4, -0.2) is 16.9 Å². The summed E-state index contributed by atoms with van der Waals surface area (Å²) in [5, 5.41) is 4.04. The van der Waals surface area contributed by atoms with Crippen molar-refractivity contribution in [2.75, 3.05) is 7.11 Å². The second kappa shape index (κ2) is 6.03. The predicted molar refractivity (Wildman–Crippen MR) is 85.6 cm³/mol. The molecule has 24 heavy (non-hydrogen) atoms. The van der Waals surface area contributed by atoms with Gasteiger partial charge in [-0.2, -0.15) is 18.3 Å². The van der Waals surface area contributed by atoms with Gasteiger partial charge in [0.15, 0.2) is 0 Å². The van der Waals surface area contributed by atoms with Gasteiger partial charge >= 0.3 is 6.18 Å². The first-order valence-electron chi connectivity index (χ1n) is 7.25. The van der Waals surface area contributed by atoms with E-state index in [1.54, 1.807) is 43.5 Å². The quantitative estimate of drug-likeness (QED) is 0.690. The van der Waals surface area contributed by atoms with Gasteiger partial charge in [-0.05, 0) is 23.3 Å². The first-order chi connectivity index (χ1) is 11.4. The van der Waals surface area contributed by atoms with Crippen LogP contribution < -0.4 is 4.74 Å². The normalized spacial score (nSPS) is 11.5. The number of nitrogens with zero attached hydrogens (tertiary/aromatic N) is 2. The predicted octanol–water partition coefficient (Wildman–Crippen LogP) is 4.78. The molecule has 0 fully saturated rings. The molecule has 0 atom stereocenters. The molecule has 0 aliphatic rings. The monoisotopic (exact) mass is 332 g/mol. The van der Waals surface area contributed by atoms with E-state index in [1.165, 1.54) is 11.7 Å². The van der Waals surface area contributed by atoms with Crippen molar-refractivity contribution >= 4 is 0 Å². The number of alkyl halides is 3. The zero-order valence-electron chi connectivity index (χ0n) is 13.1. The summed E-state index contributed by atoms with van der Waals surface area (Å²) in [7, 11) is 3.04. The van der Waals surface area contributed by atoms with Crippen molar-refractivity contribution in [3.8, 4) is 28.1 Å². The van der Waals surface area contributed by atoms with Crippen molar-refractivity contribution in [1.82, 2.24) is 9.78 Å². The summed E-state index contributed by atoms with van der Waals surface area (Å²) in [6, 6.07) is 14.1. The van der Waals surface area contributed by atoms with Crippen LogP contribution in [0.4, 0.5) is 13.2 Å². The largest absolute Gasteiger partial charge is 0.497 e. The Balaban J connectivity index is 2.17. The van der Waals surface area contributed by atoms with Crippen LogP contribution in [0.3, 0.4) is 0 Å². The molecule has 124 valence electrons. The highest BCUT2D eigenvalue weighted by Crippen LogP contribution is 2.40. The van der Waals surface area contributed by atoms with Gasteiger partial charge in [0.05, 0.1) is 7.11 Å². The van der Waals surface area contributed by atoms with Crippen molar-refractivity contribution in [1.29, 1.82) is 0 Å². The number of ether oxygens (including phenoxy) is 1. The molecule has 0 bridgehead atoms. The topological polar surface area (TPSA) is 27.1 Å². The summed E-state index contributed by atoms with van der Waals surface area (Å²) < 4.78 is 46.2. The van der Waals surface area contributed by atoms with Gasteiger partial charge in [-0.3, -0.25) is 4.68 Å². The summed E-state index contributed by atoms with van der Waals surface area (Å²) in [6.07, 6.45) is -3.46. The number of methoxy groups -OCH3 is 1. The molecule has 6 heteroatoms. The van der Waals surface area contributed by atoms with Crippen LogP contribution in [0.2, 0.25) is 0 Å². The van der Waals surface area contributed by atoms with Gasteiger partial charge in [0, 0.05) is 18.8 Å². The van der Waals surface area contributed by atoms with Crippen molar-refractivity contribution < 1.29 is 17.9 Å². The lowest BCUT2D eigenvalue weighted by molar-refractivity contribution is -0.137. The Morgan fingerprint density at radius 3 is 2.17 bits per heavy atom. The van der Waals surface area contributed by atoms with Crippen LogP contribution in [0.5, 0.6) is 5.75 Å². The number of aromatic nitrogens is 2. The lowest BCUT2D eigenvalue weighted by Gasteiger charge is -2.11. The number of aryl methyl sites for hydroxylation is 1. The van der Waals surface area contributed by atoms with E-state index in [-0.39, 0.29) is 5.69 Å². The molecule has 1 aromatic heterocycles. The molecule has 2 aromatic carbocycles. The summed E-state index contributed by atoms with van der Waals surface area (Å²) in [5.41, 5.74) is 1.10. The van der Waals surface area contributed by atoms with Crippen molar-refractivity contribution in [3.63, 3.8) is 0 Å². The molecular weight excluding hydrogens is 317 g/mol. The van der Waals surface area contributed by atoms with Crippen LogP contribution in [0.1, 0.15) is 5.56 Å². The molecule has 3 aromatic rings. The van der Waals surface area contributed by atoms with E-state index >= 15 is 0 Å². The molecule has 0 spiro atoms. The average molecular weight is 332 g/mol. The minimum absolute atomic E-state index is 0.0728.